The summed E-state index contributed by atoms with van der Waals surface area (Å²) in [4.78, 5) is 16.6. The van der Waals surface area contributed by atoms with Crippen LogP contribution in [-0.4, -0.2) is 48.4 Å². The highest BCUT2D eigenvalue weighted by atomic mass is 16.2. The van der Waals surface area contributed by atoms with E-state index in [0.29, 0.717) is 19.6 Å². The first-order chi connectivity index (χ1) is 10.1. The number of amides is 1. The van der Waals surface area contributed by atoms with Crippen LogP contribution in [0.2, 0.25) is 0 Å². The summed E-state index contributed by atoms with van der Waals surface area (Å²) in [7, 11) is 0. The lowest BCUT2D eigenvalue weighted by Crippen LogP contribution is -2.40. The minimum Gasteiger partial charge on any atom is -0.338 e. The number of nitrogens with two attached hydrogens (primary N) is 1. The average Bonchev–Trinajstić information content (AvgIpc) is 2.87. The number of carbonyl (C=O) groups excluding carboxylic acids is 1. The summed E-state index contributed by atoms with van der Waals surface area (Å²) in [6.07, 6.45) is 1.08. The third-order valence-corrected chi connectivity index (χ3v) is 4.44. The van der Waals surface area contributed by atoms with Gasteiger partial charge < -0.3 is 10.6 Å². The van der Waals surface area contributed by atoms with Crippen LogP contribution in [0.4, 0.5) is 0 Å². The van der Waals surface area contributed by atoms with Crippen LogP contribution in [0.25, 0.3) is 0 Å². The molecule has 1 aliphatic rings. The summed E-state index contributed by atoms with van der Waals surface area (Å²) < 4.78 is 0. The zero-order valence-corrected chi connectivity index (χ0v) is 13.2. The topological polar surface area (TPSA) is 49.6 Å². The van der Waals surface area contributed by atoms with Gasteiger partial charge in [0.1, 0.15) is 0 Å². The molecule has 0 aromatic heterocycles. The second kappa shape index (κ2) is 7.05. The molecule has 1 saturated heterocycles. The molecule has 116 valence electrons. The molecule has 1 aromatic rings. The summed E-state index contributed by atoms with van der Waals surface area (Å²) in [5, 5.41) is 0. The molecule has 1 unspecified atom stereocenters. The third kappa shape index (κ3) is 4.29. The van der Waals surface area contributed by atoms with Gasteiger partial charge in [-0.2, -0.15) is 0 Å². The van der Waals surface area contributed by atoms with Crippen molar-refractivity contribution in [1.29, 1.82) is 0 Å². The summed E-state index contributed by atoms with van der Waals surface area (Å²) in [6.45, 7) is 8.79. The zero-order valence-electron chi connectivity index (χ0n) is 13.2. The summed E-state index contributed by atoms with van der Waals surface area (Å²) >= 11 is 0. The number of carbonyl (C=O) groups is 1. The zero-order chi connectivity index (χ0) is 15.3. The molecule has 0 saturated carbocycles. The van der Waals surface area contributed by atoms with E-state index in [0.717, 1.165) is 26.1 Å². The van der Waals surface area contributed by atoms with Gasteiger partial charge in [-0.25, -0.2) is 0 Å². The molecule has 0 radical (unpaired) electrons. The van der Waals surface area contributed by atoms with Crippen molar-refractivity contribution >= 4 is 5.91 Å². The number of benzene rings is 1. The van der Waals surface area contributed by atoms with E-state index in [4.69, 9.17) is 5.73 Å². The average molecular weight is 289 g/mol. The first-order valence-corrected chi connectivity index (χ1v) is 7.80. The normalized spacial score (nSPS) is 22.4. The minimum atomic E-state index is 0.177. The summed E-state index contributed by atoms with van der Waals surface area (Å²) in [5.41, 5.74) is 7.19. The van der Waals surface area contributed by atoms with E-state index in [1.807, 2.05) is 30.0 Å². The van der Waals surface area contributed by atoms with Crippen LogP contribution in [0.3, 0.4) is 0 Å². The Labute approximate surface area is 127 Å². The minimum absolute atomic E-state index is 0.177. The predicted octanol–water partition coefficient (Wildman–Crippen LogP) is 1.71. The van der Waals surface area contributed by atoms with E-state index in [-0.39, 0.29) is 11.3 Å². The number of likely N-dealkylation sites (tertiary alicyclic amines) is 1. The van der Waals surface area contributed by atoms with Crippen LogP contribution >= 0.6 is 0 Å². The molecule has 2 rings (SSSR count). The molecule has 1 aliphatic heterocycles. The lowest BCUT2D eigenvalue weighted by atomic mass is 9.90. The Balaban J connectivity index is 1.89. The van der Waals surface area contributed by atoms with Crippen LogP contribution in [0.5, 0.6) is 0 Å². The molecule has 0 bridgehead atoms. The quantitative estimate of drug-likeness (QED) is 0.867. The highest BCUT2D eigenvalue weighted by Gasteiger charge is 2.33. The van der Waals surface area contributed by atoms with Crippen molar-refractivity contribution in [3.05, 3.63) is 35.9 Å². The van der Waals surface area contributed by atoms with Crippen molar-refractivity contribution in [3.63, 3.8) is 0 Å². The van der Waals surface area contributed by atoms with Crippen molar-refractivity contribution < 1.29 is 4.79 Å². The van der Waals surface area contributed by atoms with Gasteiger partial charge in [-0.15, -0.1) is 0 Å². The monoisotopic (exact) mass is 289 g/mol. The second-order valence-electron chi connectivity index (χ2n) is 6.37. The molecule has 2 N–H and O–H groups in total. The molecule has 1 aromatic carbocycles. The van der Waals surface area contributed by atoms with Crippen molar-refractivity contribution in [3.8, 4) is 0 Å². The molecule has 0 aliphatic carbocycles. The van der Waals surface area contributed by atoms with E-state index >= 15 is 0 Å². The fourth-order valence-corrected chi connectivity index (χ4v) is 2.90. The number of likely N-dealkylation sites (N-methyl/N-ethyl adjacent to an activating group) is 1. The largest absolute Gasteiger partial charge is 0.338 e. The Morgan fingerprint density at radius 1 is 1.38 bits per heavy atom. The van der Waals surface area contributed by atoms with E-state index in [1.165, 1.54) is 5.56 Å². The summed E-state index contributed by atoms with van der Waals surface area (Å²) in [6, 6.07) is 10.2. The number of hydrogen-bond donors (Lipinski definition) is 1. The Morgan fingerprint density at radius 3 is 2.67 bits per heavy atom. The first kappa shape index (κ1) is 16.0. The second-order valence-corrected chi connectivity index (χ2v) is 6.37. The lowest BCUT2D eigenvalue weighted by Gasteiger charge is -2.26. The number of hydrogen-bond acceptors (Lipinski definition) is 3. The van der Waals surface area contributed by atoms with E-state index in [1.54, 1.807) is 0 Å². The molecule has 1 heterocycles. The van der Waals surface area contributed by atoms with Crippen molar-refractivity contribution in [2.45, 2.75) is 26.8 Å². The maximum atomic E-state index is 12.5. The molecule has 1 fully saturated rings. The molecule has 4 nitrogen and oxygen atoms in total. The van der Waals surface area contributed by atoms with Crippen LogP contribution in [-0.2, 0) is 11.3 Å². The molecule has 1 atom stereocenters. The highest BCUT2D eigenvalue weighted by Crippen LogP contribution is 2.28. The van der Waals surface area contributed by atoms with Crippen molar-refractivity contribution in [2.24, 2.45) is 11.1 Å². The van der Waals surface area contributed by atoms with E-state index < -0.39 is 0 Å². The smallest absolute Gasteiger partial charge is 0.237 e. The Morgan fingerprint density at radius 2 is 2.10 bits per heavy atom. The first-order valence-electron chi connectivity index (χ1n) is 7.80. The van der Waals surface area contributed by atoms with Gasteiger partial charge >= 0.3 is 0 Å². The number of nitrogens with zero attached hydrogens (tertiary/aromatic N) is 2. The van der Waals surface area contributed by atoms with Crippen molar-refractivity contribution in [2.75, 3.05) is 32.7 Å². The molecule has 4 heteroatoms. The molecule has 0 spiro atoms. The maximum Gasteiger partial charge on any atom is 0.237 e. The third-order valence-electron chi connectivity index (χ3n) is 4.44. The van der Waals surface area contributed by atoms with Gasteiger partial charge in [0.15, 0.2) is 0 Å². The van der Waals surface area contributed by atoms with Gasteiger partial charge in [0.2, 0.25) is 5.91 Å². The Bertz CT molecular complexity index is 462. The van der Waals surface area contributed by atoms with Crippen LogP contribution in [0, 0.1) is 5.41 Å². The van der Waals surface area contributed by atoms with Crippen LogP contribution in [0.15, 0.2) is 30.3 Å². The molecular formula is C17H27N3O. The van der Waals surface area contributed by atoms with Gasteiger partial charge in [0.25, 0.3) is 0 Å². The Hall–Kier alpha value is -1.39. The maximum absolute atomic E-state index is 12.5. The van der Waals surface area contributed by atoms with Crippen LogP contribution in [0.1, 0.15) is 25.8 Å². The lowest BCUT2D eigenvalue weighted by molar-refractivity contribution is -0.132. The number of rotatable bonds is 6. The highest BCUT2D eigenvalue weighted by molar-refractivity contribution is 5.78. The molecule has 1 amide bonds. The van der Waals surface area contributed by atoms with Gasteiger partial charge in [-0.1, -0.05) is 37.3 Å². The van der Waals surface area contributed by atoms with Gasteiger partial charge in [0, 0.05) is 19.6 Å². The van der Waals surface area contributed by atoms with Crippen molar-refractivity contribution in [1.82, 2.24) is 9.80 Å². The predicted molar refractivity (Wildman–Crippen MR) is 85.8 cm³/mol. The van der Waals surface area contributed by atoms with E-state index in [2.05, 4.69) is 24.0 Å². The fraction of sp³-hybridized carbons (Fsp3) is 0.588. The molecular weight excluding hydrogens is 262 g/mol. The molecule has 21 heavy (non-hydrogen) atoms. The van der Waals surface area contributed by atoms with Crippen LogP contribution < -0.4 is 5.73 Å². The fourth-order valence-electron chi connectivity index (χ4n) is 2.90. The SMILES string of the molecule is CCN(Cc1ccccc1)C(=O)CN1CCC(C)(CN)C1. The van der Waals surface area contributed by atoms with Gasteiger partial charge in [-0.3, -0.25) is 9.69 Å². The Kier molecular flexibility index (Phi) is 5.37. The standard InChI is InChI=1S/C17H27N3O/c1-3-20(11-15-7-5-4-6-8-15)16(21)12-19-10-9-17(2,13-18)14-19/h4-8H,3,9-14,18H2,1-2H3. The van der Waals surface area contributed by atoms with E-state index in [9.17, 15) is 4.79 Å². The van der Waals surface area contributed by atoms with Gasteiger partial charge in [-0.05, 0) is 37.4 Å². The summed E-state index contributed by atoms with van der Waals surface area (Å²) in [5.74, 6) is 0.211. The van der Waals surface area contributed by atoms with Gasteiger partial charge in [0.05, 0.1) is 6.54 Å².